The van der Waals surface area contributed by atoms with E-state index in [0.29, 0.717) is 0 Å². The molecule has 4 aliphatic rings. The number of alkyl halides is 1. The molecule has 0 aromatic heterocycles. The lowest BCUT2D eigenvalue weighted by Crippen LogP contribution is -2.60. The van der Waals surface area contributed by atoms with E-state index in [1.807, 2.05) is 0 Å². The first kappa shape index (κ1) is 14.0. The Morgan fingerprint density at radius 2 is 2.05 bits per heavy atom. The van der Waals surface area contributed by atoms with E-state index in [1.165, 1.54) is 6.42 Å². The summed E-state index contributed by atoms with van der Waals surface area (Å²) in [6, 6.07) is 0. The topological polar surface area (TPSA) is 51.1 Å². The second-order valence-corrected chi connectivity index (χ2v) is 7.90. The quantitative estimate of drug-likeness (QED) is 0.678. The molecule has 6 heteroatoms. The monoisotopic (exact) mass is 356 g/mol. The number of amides is 1. The summed E-state index contributed by atoms with van der Waals surface area (Å²) in [5, 5.41) is 6.07. The molecule has 3 fully saturated rings. The Balaban J connectivity index is 1.84. The average molecular weight is 357 g/mol. The summed E-state index contributed by atoms with van der Waals surface area (Å²) in [4.78, 5) is 24.7. The van der Waals surface area contributed by atoms with Crippen LogP contribution in [0.4, 0.5) is 0 Å². The Bertz CT molecular complexity index is 503. The number of carbonyl (C=O) groups excluding carboxylic acids is 1. The second kappa shape index (κ2) is 4.69. The number of carbonyl (C=O) groups is 1. The number of hydroxylamine groups is 2. The van der Waals surface area contributed by atoms with E-state index >= 15 is 0 Å². The molecule has 0 aromatic rings. The summed E-state index contributed by atoms with van der Waals surface area (Å²) in [5.41, 5.74) is 0.0125. The van der Waals surface area contributed by atoms with E-state index in [-0.39, 0.29) is 16.8 Å². The fourth-order valence-corrected chi connectivity index (χ4v) is 5.76. The average Bonchev–Trinajstić information content (AvgIpc) is 2.96. The van der Waals surface area contributed by atoms with Crippen molar-refractivity contribution in [3.63, 3.8) is 0 Å². The Kier molecular flexibility index (Phi) is 3.12. The van der Waals surface area contributed by atoms with Gasteiger partial charge in [0.2, 0.25) is 0 Å². The predicted molar refractivity (Wildman–Crippen MR) is 81.0 cm³/mol. The highest BCUT2D eigenvalue weighted by Gasteiger charge is 2.73. The van der Waals surface area contributed by atoms with E-state index < -0.39 is 11.0 Å². The summed E-state index contributed by atoms with van der Waals surface area (Å²) in [6.45, 7) is 0. The van der Waals surface area contributed by atoms with Gasteiger partial charge in [0, 0.05) is 0 Å². The zero-order chi connectivity index (χ0) is 14.7. The molecule has 1 amide bonds. The number of fused-ring (bicyclic) bond motifs is 1. The van der Waals surface area contributed by atoms with Gasteiger partial charge in [0.25, 0.3) is 5.91 Å². The first-order chi connectivity index (χ1) is 10.2. The van der Waals surface area contributed by atoms with Crippen LogP contribution in [0.5, 0.6) is 0 Å². The van der Waals surface area contributed by atoms with Gasteiger partial charge in [-0.3, -0.25) is 9.63 Å². The molecule has 116 valence electrons. The van der Waals surface area contributed by atoms with E-state index in [2.05, 4.69) is 21.1 Å². The summed E-state index contributed by atoms with van der Waals surface area (Å²) in [6.07, 6.45) is 8.01. The van der Waals surface area contributed by atoms with Crippen LogP contribution in [0, 0.1) is 5.41 Å². The molecule has 2 aliphatic carbocycles. The fourth-order valence-electron chi connectivity index (χ4n) is 4.90. The Morgan fingerprint density at radius 1 is 1.29 bits per heavy atom. The summed E-state index contributed by atoms with van der Waals surface area (Å²) < 4.78 is 0. The number of hydrogen-bond donors (Lipinski definition) is 0. The zero-order valence-electron chi connectivity index (χ0n) is 12.3. The molecule has 2 saturated carbocycles. The largest absolute Gasteiger partial charge is 0.388 e. The van der Waals surface area contributed by atoms with Gasteiger partial charge in [0.05, 0.1) is 17.4 Å². The molecule has 0 N–H and O–H groups in total. The van der Waals surface area contributed by atoms with Crippen LogP contribution in [0.25, 0.3) is 0 Å². The van der Waals surface area contributed by atoms with Gasteiger partial charge in [0.1, 0.15) is 5.71 Å². The van der Waals surface area contributed by atoms with Crippen molar-refractivity contribution < 1.29 is 14.5 Å². The highest BCUT2D eigenvalue weighted by Crippen LogP contribution is 2.57. The van der Waals surface area contributed by atoms with Crippen molar-refractivity contribution in [1.29, 1.82) is 0 Å². The SMILES string of the molecule is CON1C(=O)C2(CCCCC2)C2=NOC3C(Br)CCCC231. The molecule has 0 aromatic carbocycles. The van der Waals surface area contributed by atoms with Crippen LogP contribution < -0.4 is 0 Å². The highest BCUT2D eigenvalue weighted by atomic mass is 79.9. The molecule has 2 spiro atoms. The molecular weight excluding hydrogens is 336 g/mol. The fraction of sp³-hybridized carbons (Fsp3) is 0.867. The van der Waals surface area contributed by atoms with Crippen LogP contribution in [0.1, 0.15) is 51.4 Å². The highest BCUT2D eigenvalue weighted by molar-refractivity contribution is 9.09. The molecule has 4 rings (SSSR count). The Hall–Kier alpha value is -0.620. The first-order valence-electron chi connectivity index (χ1n) is 7.94. The van der Waals surface area contributed by atoms with Crippen molar-refractivity contribution in [1.82, 2.24) is 5.06 Å². The molecule has 5 nitrogen and oxygen atoms in total. The summed E-state index contributed by atoms with van der Waals surface area (Å²) in [7, 11) is 1.60. The molecule has 2 aliphatic heterocycles. The van der Waals surface area contributed by atoms with E-state index in [0.717, 1.165) is 50.7 Å². The van der Waals surface area contributed by atoms with Crippen molar-refractivity contribution in [2.45, 2.75) is 67.8 Å². The number of rotatable bonds is 1. The van der Waals surface area contributed by atoms with Gasteiger partial charge in [-0.25, -0.2) is 5.06 Å². The van der Waals surface area contributed by atoms with Crippen LogP contribution >= 0.6 is 15.9 Å². The van der Waals surface area contributed by atoms with Crippen LogP contribution in [0.15, 0.2) is 5.16 Å². The maximum absolute atomic E-state index is 13.1. The Morgan fingerprint density at radius 3 is 2.76 bits per heavy atom. The van der Waals surface area contributed by atoms with Crippen molar-refractivity contribution in [2.75, 3.05) is 7.11 Å². The van der Waals surface area contributed by atoms with Gasteiger partial charge in [-0.2, -0.15) is 0 Å². The van der Waals surface area contributed by atoms with Crippen LogP contribution in [-0.2, 0) is 14.5 Å². The van der Waals surface area contributed by atoms with Crippen molar-refractivity contribution >= 4 is 27.5 Å². The summed E-state index contributed by atoms with van der Waals surface area (Å²) >= 11 is 3.72. The van der Waals surface area contributed by atoms with Gasteiger partial charge >= 0.3 is 0 Å². The smallest absolute Gasteiger partial charge is 0.259 e. The lowest BCUT2D eigenvalue weighted by atomic mass is 9.65. The van der Waals surface area contributed by atoms with Crippen LogP contribution in [0.3, 0.4) is 0 Å². The van der Waals surface area contributed by atoms with Crippen molar-refractivity contribution in [3.05, 3.63) is 0 Å². The normalized spacial score (nSPS) is 40.8. The third-order valence-electron chi connectivity index (χ3n) is 5.80. The maximum atomic E-state index is 13.1. The molecule has 0 radical (unpaired) electrons. The Labute approximate surface area is 133 Å². The molecule has 3 unspecified atom stereocenters. The van der Waals surface area contributed by atoms with E-state index in [1.54, 1.807) is 12.2 Å². The van der Waals surface area contributed by atoms with Gasteiger partial charge in [-0.15, -0.1) is 0 Å². The lowest BCUT2D eigenvalue weighted by molar-refractivity contribution is -0.212. The van der Waals surface area contributed by atoms with Crippen molar-refractivity contribution in [3.8, 4) is 0 Å². The van der Waals surface area contributed by atoms with Gasteiger partial charge in [-0.1, -0.05) is 40.3 Å². The summed E-state index contributed by atoms with van der Waals surface area (Å²) in [5.74, 6) is 0.110. The number of halogens is 1. The number of hydrogen-bond acceptors (Lipinski definition) is 4. The molecule has 21 heavy (non-hydrogen) atoms. The number of nitrogens with zero attached hydrogens (tertiary/aromatic N) is 2. The minimum absolute atomic E-state index is 0.110. The van der Waals surface area contributed by atoms with E-state index in [4.69, 9.17) is 9.68 Å². The molecule has 2 heterocycles. The maximum Gasteiger partial charge on any atom is 0.259 e. The van der Waals surface area contributed by atoms with E-state index in [9.17, 15) is 4.79 Å². The third kappa shape index (κ3) is 1.55. The molecule has 0 bridgehead atoms. The predicted octanol–water partition coefficient (Wildman–Crippen LogP) is 2.78. The standard InChI is InChI=1S/C15H21BrN2O3/c1-20-18-13(19)14(7-3-2-4-8-14)12-15(18)9-5-6-10(16)11(15)21-17-12/h10-11H,2-9H2,1H3. The minimum atomic E-state index is -0.477. The molecule has 1 saturated heterocycles. The van der Waals surface area contributed by atoms with Crippen LogP contribution in [-0.4, -0.2) is 40.3 Å². The second-order valence-electron chi connectivity index (χ2n) is 6.72. The lowest BCUT2D eigenvalue weighted by Gasteiger charge is -2.42. The van der Waals surface area contributed by atoms with Crippen molar-refractivity contribution in [2.24, 2.45) is 10.6 Å². The zero-order valence-corrected chi connectivity index (χ0v) is 13.9. The van der Waals surface area contributed by atoms with Gasteiger partial charge < -0.3 is 4.84 Å². The van der Waals surface area contributed by atoms with Gasteiger partial charge in [0.15, 0.2) is 11.6 Å². The molecule has 3 atom stereocenters. The first-order valence-corrected chi connectivity index (χ1v) is 8.86. The van der Waals surface area contributed by atoms with Crippen LogP contribution in [0.2, 0.25) is 0 Å². The minimum Gasteiger partial charge on any atom is -0.388 e. The van der Waals surface area contributed by atoms with Gasteiger partial charge in [-0.05, 0) is 32.1 Å². The molecular formula is C15H21BrN2O3. The number of oxime groups is 1. The third-order valence-corrected chi connectivity index (χ3v) is 6.74.